The SMILES string of the molecule is COC(=O)Cc1csc(N2CC(CO)OCC2C)n1. The summed E-state index contributed by atoms with van der Waals surface area (Å²) in [6.07, 6.45) is 0.0129. The first-order chi connectivity index (χ1) is 9.13. The van der Waals surface area contributed by atoms with Crippen LogP contribution in [0.25, 0.3) is 0 Å². The molecule has 0 aliphatic carbocycles. The molecule has 2 unspecified atom stereocenters. The number of anilines is 1. The van der Waals surface area contributed by atoms with E-state index in [-0.39, 0.29) is 31.1 Å². The lowest BCUT2D eigenvalue weighted by Gasteiger charge is -2.37. The number of carbonyl (C=O) groups excluding carboxylic acids is 1. The molecule has 2 atom stereocenters. The molecule has 0 aromatic carbocycles. The van der Waals surface area contributed by atoms with Crippen molar-refractivity contribution in [2.75, 3.05) is 31.8 Å². The Morgan fingerprint density at radius 2 is 2.53 bits per heavy atom. The van der Waals surface area contributed by atoms with Crippen molar-refractivity contribution in [3.63, 3.8) is 0 Å². The standard InChI is InChI=1S/C12H18N2O4S/c1-8-6-18-10(5-15)4-14(8)12-13-9(7-19-12)3-11(16)17-2/h7-8,10,15H,3-6H2,1-2H3. The van der Waals surface area contributed by atoms with Gasteiger partial charge in [-0.3, -0.25) is 4.79 Å². The Kier molecular flexibility index (Phi) is 4.73. The molecule has 1 fully saturated rings. The third kappa shape index (κ3) is 3.43. The largest absolute Gasteiger partial charge is 0.469 e. The molecule has 7 heteroatoms. The second-order valence-electron chi connectivity index (χ2n) is 4.51. The van der Waals surface area contributed by atoms with E-state index in [1.165, 1.54) is 18.4 Å². The van der Waals surface area contributed by atoms with Crippen molar-refractivity contribution in [1.29, 1.82) is 0 Å². The highest BCUT2D eigenvalue weighted by Gasteiger charge is 2.27. The van der Waals surface area contributed by atoms with Crippen molar-refractivity contribution < 1.29 is 19.4 Å². The van der Waals surface area contributed by atoms with Crippen molar-refractivity contribution >= 4 is 22.4 Å². The summed E-state index contributed by atoms with van der Waals surface area (Å²) in [7, 11) is 1.37. The van der Waals surface area contributed by atoms with E-state index in [2.05, 4.69) is 21.5 Å². The molecule has 1 aliphatic heterocycles. The van der Waals surface area contributed by atoms with Gasteiger partial charge in [-0.25, -0.2) is 4.98 Å². The van der Waals surface area contributed by atoms with Gasteiger partial charge in [-0.05, 0) is 6.92 Å². The van der Waals surface area contributed by atoms with Gasteiger partial charge in [-0.1, -0.05) is 0 Å². The van der Waals surface area contributed by atoms with Crippen molar-refractivity contribution in [2.45, 2.75) is 25.5 Å². The predicted molar refractivity (Wildman–Crippen MR) is 71.5 cm³/mol. The Hall–Kier alpha value is -1.18. The van der Waals surface area contributed by atoms with Gasteiger partial charge in [0.2, 0.25) is 0 Å². The molecular weight excluding hydrogens is 268 g/mol. The summed E-state index contributed by atoms with van der Waals surface area (Å²) < 4.78 is 10.1. The topological polar surface area (TPSA) is 71.9 Å². The minimum absolute atomic E-state index is 0.00358. The van der Waals surface area contributed by atoms with Gasteiger partial charge in [0.15, 0.2) is 5.13 Å². The molecule has 1 N–H and O–H groups in total. The van der Waals surface area contributed by atoms with Crippen LogP contribution in [0, 0.1) is 0 Å². The molecule has 0 spiro atoms. The van der Waals surface area contributed by atoms with Crippen LogP contribution in [0.5, 0.6) is 0 Å². The van der Waals surface area contributed by atoms with Crippen LogP contribution in [0.4, 0.5) is 5.13 Å². The zero-order valence-electron chi connectivity index (χ0n) is 11.0. The van der Waals surface area contributed by atoms with Crippen molar-refractivity contribution in [1.82, 2.24) is 4.98 Å². The summed E-state index contributed by atoms with van der Waals surface area (Å²) in [4.78, 5) is 17.8. The number of hydrogen-bond acceptors (Lipinski definition) is 7. The molecule has 1 aromatic rings. The number of hydrogen-bond donors (Lipinski definition) is 1. The number of morpholine rings is 1. The normalized spacial score (nSPS) is 23.4. The molecule has 1 aliphatic rings. The fraction of sp³-hybridized carbons (Fsp3) is 0.667. The number of aliphatic hydroxyl groups is 1. The maximum atomic E-state index is 11.2. The zero-order valence-corrected chi connectivity index (χ0v) is 11.9. The fourth-order valence-corrected chi connectivity index (χ4v) is 2.86. The van der Waals surface area contributed by atoms with Crippen molar-refractivity contribution in [3.8, 4) is 0 Å². The van der Waals surface area contributed by atoms with E-state index in [0.29, 0.717) is 18.8 Å². The van der Waals surface area contributed by atoms with E-state index in [9.17, 15) is 4.79 Å². The number of carbonyl (C=O) groups is 1. The first-order valence-corrected chi connectivity index (χ1v) is 7.02. The Balaban J connectivity index is 2.06. The lowest BCUT2D eigenvalue weighted by molar-refractivity contribution is -0.139. The van der Waals surface area contributed by atoms with Crippen LogP contribution in [-0.4, -0.2) is 55.1 Å². The maximum Gasteiger partial charge on any atom is 0.311 e. The van der Waals surface area contributed by atoms with E-state index in [1.807, 2.05) is 5.38 Å². The van der Waals surface area contributed by atoms with Gasteiger partial charge >= 0.3 is 5.97 Å². The number of rotatable bonds is 4. The van der Waals surface area contributed by atoms with Crippen LogP contribution in [0.1, 0.15) is 12.6 Å². The van der Waals surface area contributed by atoms with Gasteiger partial charge < -0.3 is 19.5 Å². The zero-order chi connectivity index (χ0) is 13.8. The van der Waals surface area contributed by atoms with E-state index >= 15 is 0 Å². The van der Waals surface area contributed by atoms with Crippen LogP contribution in [0.3, 0.4) is 0 Å². The summed E-state index contributed by atoms with van der Waals surface area (Å²) in [5, 5.41) is 11.9. The van der Waals surface area contributed by atoms with Crippen molar-refractivity contribution in [3.05, 3.63) is 11.1 Å². The molecule has 19 heavy (non-hydrogen) atoms. The third-order valence-corrected chi connectivity index (χ3v) is 3.97. The molecule has 0 saturated carbocycles. The molecule has 2 rings (SSSR count). The number of ether oxygens (including phenoxy) is 2. The Bertz CT molecular complexity index is 437. The average Bonchev–Trinajstić information content (AvgIpc) is 2.87. The molecule has 106 valence electrons. The smallest absolute Gasteiger partial charge is 0.311 e. The number of thiazole rings is 1. The molecule has 2 heterocycles. The predicted octanol–water partition coefficient (Wildman–Crippen LogP) is 0.445. The first-order valence-electron chi connectivity index (χ1n) is 6.14. The molecular formula is C12H18N2O4S. The summed E-state index contributed by atoms with van der Waals surface area (Å²) in [5.74, 6) is -0.292. The van der Waals surface area contributed by atoms with E-state index in [0.717, 1.165) is 5.13 Å². The van der Waals surface area contributed by atoms with Gasteiger partial charge in [-0.15, -0.1) is 11.3 Å². The molecule has 1 saturated heterocycles. The van der Waals surface area contributed by atoms with E-state index < -0.39 is 0 Å². The van der Waals surface area contributed by atoms with Crippen LogP contribution < -0.4 is 4.90 Å². The monoisotopic (exact) mass is 286 g/mol. The van der Waals surface area contributed by atoms with Crippen LogP contribution in [0.2, 0.25) is 0 Å². The number of nitrogens with zero attached hydrogens (tertiary/aromatic N) is 2. The lowest BCUT2D eigenvalue weighted by Crippen LogP contribution is -2.49. The molecule has 0 amide bonds. The second-order valence-corrected chi connectivity index (χ2v) is 5.35. The average molecular weight is 286 g/mol. The second kappa shape index (κ2) is 6.31. The van der Waals surface area contributed by atoms with Gasteiger partial charge in [0.25, 0.3) is 0 Å². The summed E-state index contributed by atoms with van der Waals surface area (Å²) >= 11 is 1.49. The Morgan fingerprint density at radius 1 is 1.74 bits per heavy atom. The quantitative estimate of drug-likeness (QED) is 0.810. The van der Waals surface area contributed by atoms with Gasteiger partial charge in [0, 0.05) is 11.9 Å². The highest BCUT2D eigenvalue weighted by atomic mass is 32.1. The first kappa shape index (κ1) is 14.2. The Morgan fingerprint density at radius 3 is 3.21 bits per heavy atom. The maximum absolute atomic E-state index is 11.2. The highest BCUT2D eigenvalue weighted by molar-refractivity contribution is 7.13. The minimum atomic E-state index is -0.292. The minimum Gasteiger partial charge on any atom is -0.469 e. The van der Waals surface area contributed by atoms with Crippen molar-refractivity contribution in [2.24, 2.45) is 0 Å². The summed E-state index contributed by atoms with van der Waals surface area (Å²) in [6.45, 7) is 3.23. The number of aliphatic hydroxyl groups excluding tert-OH is 1. The van der Waals surface area contributed by atoms with Crippen LogP contribution >= 0.6 is 11.3 Å². The highest BCUT2D eigenvalue weighted by Crippen LogP contribution is 2.25. The van der Waals surface area contributed by atoms with E-state index in [4.69, 9.17) is 9.84 Å². The van der Waals surface area contributed by atoms with Crippen LogP contribution in [-0.2, 0) is 20.7 Å². The molecule has 1 aromatic heterocycles. The summed E-state index contributed by atoms with van der Waals surface area (Å²) in [5.41, 5.74) is 0.714. The van der Waals surface area contributed by atoms with Gasteiger partial charge in [-0.2, -0.15) is 0 Å². The Labute approximate surface area is 116 Å². The fourth-order valence-electron chi connectivity index (χ4n) is 1.92. The van der Waals surface area contributed by atoms with E-state index in [1.54, 1.807) is 0 Å². The number of esters is 1. The van der Waals surface area contributed by atoms with Gasteiger partial charge in [0.1, 0.15) is 0 Å². The number of aromatic nitrogens is 1. The van der Waals surface area contributed by atoms with Gasteiger partial charge in [0.05, 0.1) is 44.6 Å². The number of methoxy groups -OCH3 is 1. The summed E-state index contributed by atoms with van der Waals surface area (Å²) in [6, 6.07) is 0.208. The lowest BCUT2D eigenvalue weighted by atomic mass is 10.2. The molecule has 0 bridgehead atoms. The van der Waals surface area contributed by atoms with Crippen LogP contribution in [0.15, 0.2) is 5.38 Å². The molecule has 0 radical (unpaired) electrons. The molecule has 6 nitrogen and oxygen atoms in total. The third-order valence-electron chi connectivity index (χ3n) is 3.05.